The van der Waals surface area contributed by atoms with Gasteiger partial charge in [0.05, 0.1) is 23.3 Å². The zero-order valence-corrected chi connectivity index (χ0v) is 16.0. The first-order valence-corrected chi connectivity index (χ1v) is 9.22. The molecule has 1 atom stereocenters. The molecule has 2 amide bonds. The van der Waals surface area contributed by atoms with Gasteiger partial charge in [0, 0.05) is 11.3 Å². The fraction of sp³-hybridized carbons (Fsp3) is 0.136. The van der Waals surface area contributed by atoms with Crippen LogP contribution in [0.1, 0.15) is 45.3 Å². The predicted octanol–water partition coefficient (Wildman–Crippen LogP) is 4.21. The van der Waals surface area contributed by atoms with Crippen LogP contribution < -0.4 is 10.6 Å². The summed E-state index contributed by atoms with van der Waals surface area (Å²) in [5.41, 5.74) is 3.60. The Bertz CT molecular complexity index is 1140. The highest BCUT2D eigenvalue weighted by molar-refractivity contribution is 6.04. The summed E-state index contributed by atoms with van der Waals surface area (Å²) in [4.78, 5) is 32.7. The van der Waals surface area contributed by atoms with Crippen LogP contribution in [0.2, 0.25) is 0 Å². The Morgan fingerprint density at radius 1 is 1.07 bits per heavy atom. The highest BCUT2D eigenvalue weighted by atomic mass is 16.3. The van der Waals surface area contributed by atoms with Crippen LogP contribution in [-0.2, 0) is 0 Å². The largest absolute Gasteiger partial charge is 0.459 e. The van der Waals surface area contributed by atoms with Crippen LogP contribution in [0.3, 0.4) is 0 Å². The summed E-state index contributed by atoms with van der Waals surface area (Å²) in [7, 11) is 0. The molecule has 2 heterocycles. The molecule has 29 heavy (non-hydrogen) atoms. The van der Waals surface area contributed by atoms with Gasteiger partial charge in [-0.15, -0.1) is 0 Å². The first kappa shape index (κ1) is 18.5. The van der Waals surface area contributed by atoms with Crippen molar-refractivity contribution >= 4 is 28.5 Å². The normalized spacial score (nSPS) is 11.9. The van der Waals surface area contributed by atoms with Gasteiger partial charge in [-0.05, 0) is 55.8 Å². The number of aromatic amines is 1. The lowest BCUT2D eigenvalue weighted by atomic mass is 10.1. The lowest BCUT2D eigenvalue weighted by Crippen LogP contribution is -2.27. The average Bonchev–Trinajstić information content (AvgIpc) is 3.39. The maximum Gasteiger partial charge on any atom is 0.291 e. The van der Waals surface area contributed by atoms with Crippen molar-refractivity contribution in [2.45, 2.75) is 19.9 Å². The Balaban J connectivity index is 1.50. The van der Waals surface area contributed by atoms with Gasteiger partial charge in [0.2, 0.25) is 0 Å². The van der Waals surface area contributed by atoms with Gasteiger partial charge < -0.3 is 20.0 Å². The Labute approximate surface area is 167 Å². The SMILES string of the molecule is Cc1ccc(C(=O)NC(C)c2nc3ccccc3[nH]2)cc1NC(=O)c1ccco1. The van der Waals surface area contributed by atoms with Gasteiger partial charge in [-0.25, -0.2) is 4.98 Å². The van der Waals surface area contributed by atoms with Crippen molar-refractivity contribution in [3.63, 3.8) is 0 Å². The van der Waals surface area contributed by atoms with E-state index in [0.29, 0.717) is 17.1 Å². The van der Waals surface area contributed by atoms with E-state index in [2.05, 4.69) is 20.6 Å². The second-order valence-corrected chi connectivity index (χ2v) is 6.80. The van der Waals surface area contributed by atoms with Gasteiger partial charge >= 0.3 is 0 Å². The van der Waals surface area contributed by atoms with E-state index in [4.69, 9.17) is 4.42 Å². The average molecular weight is 388 g/mol. The number of aromatic nitrogens is 2. The van der Waals surface area contributed by atoms with Gasteiger partial charge in [0.15, 0.2) is 5.76 Å². The molecule has 0 spiro atoms. The van der Waals surface area contributed by atoms with Gasteiger partial charge in [0.25, 0.3) is 11.8 Å². The molecule has 7 heteroatoms. The molecule has 1 unspecified atom stereocenters. The lowest BCUT2D eigenvalue weighted by molar-refractivity contribution is 0.0937. The molecule has 0 bridgehead atoms. The molecule has 0 aliphatic heterocycles. The van der Waals surface area contributed by atoms with Crippen molar-refractivity contribution < 1.29 is 14.0 Å². The summed E-state index contributed by atoms with van der Waals surface area (Å²) in [5, 5.41) is 5.72. The van der Waals surface area contributed by atoms with Crippen molar-refractivity contribution in [3.05, 3.63) is 83.6 Å². The van der Waals surface area contributed by atoms with Crippen LogP contribution in [-0.4, -0.2) is 21.8 Å². The van der Waals surface area contributed by atoms with E-state index < -0.39 is 0 Å². The summed E-state index contributed by atoms with van der Waals surface area (Å²) in [5.74, 6) is 0.258. The molecular weight excluding hydrogens is 368 g/mol. The number of para-hydroxylation sites is 2. The predicted molar refractivity (Wildman–Crippen MR) is 110 cm³/mol. The highest BCUT2D eigenvalue weighted by Gasteiger charge is 2.17. The van der Waals surface area contributed by atoms with Gasteiger partial charge in [-0.1, -0.05) is 18.2 Å². The first-order valence-electron chi connectivity index (χ1n) is 9.22. The van der Waals surface area contributed by atoms with Crippen LogP contribution in [0, 0.1) is 6.92 Å². The number of nitrogens with one attached hydrogen (secondary N) is 3. The molecule has 7 nitrogen and oxygen atoms in total. The molecule has 4 aromatic rings. The number of furan rings is 1. The van der Waals surface area contributed by atoms with E-state index in [1.54, 1.807) is 30.3 Å². The fourth-order valence-corrected chi connectivity index (χ4v) is 3.02. The van der Waals surface area contributed by atoms with E-state index in [1.165, 1.54) is 6.26 Å². The number of benzene rings is 2. The molecule has 0 aliphatic rings. The van der Waals surface area contributed by atoms with E-state index in [9.17, 15) is 9.59 Å². The van der Waals surface area contributed by atoms with Gasteiger partial charge in [-0.2, -0.15) is 0 Å². The number of aryl methyl sites for hydroxylation is 1. The van der Waals surface area contributed by atoms with Crippen LogP contribution in [0.4, 0.5) is 5.69 Å². The minimum absolute atomic E-state index is 0.206. The van der Waals surface area contributed by atoms with Gasteiger partial charge in [-0.3, -0.25) is 9.59 Å². The Morgan fingerprint density at radius 3 is 2.66 bits per heavy atom. The summed E-state index contributed by atoms with van der Waals surface area (Å²) in [6, 6.07) is 15.8. The smallest absolute Gasteiger partial charge is 0.291 e. The van der Waals surface area contributed by atoms with Crippen LogP contribution in [0.5, 0.6) is 0 Å². The summed E-state index contributed by atoms with van der Waals surface area (Å²) in [6.07, 6.45) is 1.44. The zero-order valence-electron chi connectivity index (χ0n) is 16.0. The topological polar surface area (TPSA) is 100 Å². The van der Waals surface area contributed by atoms with E-state index in [1.807, 2.05) is 38.1 Å². The van der Waals surface area contributed by atoms with E-state index in [-0.39, 0.29) is 23.6 Å². The van der Waals surface area contributed by atoms with Gasteiger partial charge in [0.1, 0.15) is 5.82 Å². The number of carbonyl (C=O) groups is 2. The molecular formula is C22H20N4O3. The number of nitrogens with zero attached hydrogens (tertiary/aromatic N) is 1. The molecule has 3 N–H and O–H groups in total. The van der Waals surface area contributed by atoms with E-state index >= 15 is 0 Å². The molecule has 2 aromatic carbocycles. The maximum absolute atomic E-state index is 12.7. The Kier molecular flexibility index (Phi) is 4.87. The molecule has 2 aromatic heterocycles. The van der Waals surface area contributed by atoms with Crippen LogP contribution in [0.15, 0.2) is 65.3 Å². The van der Waals surface area contributed by atoms with Crippen molar-refractivity contribution in [3.8, 4) is 0 Å². The maximum atomic E-state index is 12.7. The van der Waals surface area contributed by atoms with Crippen LogP contribution >= 0.6 is 0 Å². The second-order valence-electron chi connectivity index (χ2n) is 6.80. The lowest BCUT2D eigenvalue weighted by Gasteiger charge is -2.13. The number of carbonyl (C=O) groups excluding carboxylic acids is 2. The second kappa shape index (κ2) is 7.63. The number of amides is 2. The van der Waals surface area contributed by atoms with Crippen molar-refractivity contribution in [2.24, 2.45) is 0 Å². The third-order valence-corrected chi connectivity index (χ3v) is 4.66. The van der Waals surface area contributed by atoms with Crippen molar-refractivity contribution in [1.29, 1.82) is 0 Å². The third kappa shape index (κ3) is 3.89. The number of rotatable bonds is 5. The quantitative estimate of drug-likeness (QED) is 0.477. The number of anilines is 1. The minimum atomic E-state index is -0.369. The molecule has 4 rings (SSSR count). The Hall–Kier alpha value is -3.87. The summed E-state index contributed by atoms with van der Waals surface area (Å²) >= 11 is 0. The molecule has 0 saturated carbocycles. The number of imidazole rings is 1. The number of hydrogen-bond acceptors (Lipinski definition) is 4. The molecule has 0 aliphatic carbocycles. The highest BCUT2D eigenvalue weighted by Crippen LogP contribution is 2.20. The monoisotopic (exact) mass is 388 g/mol. The number of H-pyrrole nitrogens is 1. The molecule has 146 valence electrons. The summed E-state index contributed by atoms with van der Waals surface area (Å²) in [6.45, 7) is 3.72. The fourth-order valence-electron chi connectivity index (χ4n) is 3.02. The van der Waals surface area contributed by atoms with Crippen molar-refractivity contribution in [2.75, 3.05) is 5.32 Å². The summed E-state index contributed by atoms with van der Waals surface area (Å²) < 4.78 is 5.11. The number of hydrogen-bond donors (Lipinski definition) is 3. The van der Waals surface area contributed by atoms with Crippen molar-refractivity contribution in [1.82, 2.24) is 15.3 Å². The number of fused-ring (bicyclic) bond motifs is 1. The standard InChI is InChI=1S/C22H20N4O3/c1-13-9-10-15(12-18(13)26-22(28)19-8-5-11-29-19)21(27)23-14(2)20-24-16-6-3-4-7-17(16)25-20/h3-12,14H,1-2H3,(H,23,27)(H,24,25)(H,26,28). The molecule has 0 radical (unpaired) electrons. The third-order valence-electron chi connectivity index (χ3n) is 4.66. The minimum Gasteiger partial charge on any atom is -0.459 e. The zero-order chi connectivity index (χ0) is 20.4. The first-order chi connectivity index (χ1) is 14.0. The molecule has 0 saturated heterocycles. The van der Waals surface area contributed by atoms with Crippen LogP contribution in [0.25, 0.3) is 11.0 Å². The Morgan fingerprint density at radius 2 is 1.90 bits per heavy atom. The molecule has 0 fully saturated rings. The van der Waals surface area contributed by atoms with E-state index in [0.717, 1.165) is 16.6 Å².